The van der Waals surface area contributed by atoms with Crippen molar-refractivity contribution in [1.82, 2.24) is 0 Å². The van der Waals surface area contributed by atoms with Crippen molar-refractivity contribution < 1.29 is 4.79 Å². The molecule has 2 aliphatic rings. The van der Waals surface area contributed by atoms with Crippen molar-refractivity contribution in [2.75, 3.05) is 17.2 Å². The number of carbonyl (C=O) groups excluding carboxylic acids is 1. The average molecular weight is 309 g/mol. The summed E-state index contributed by atoms with van der Waals surface area (Å²) >= 11 is 3.42. The van der Waals surface area contributed by atoms with Gasteiger partial charge >= 0.3 is 0 Å². The Balaban J connectivity index is 1.88. The highest BCUT2D eigenvalue weighted by Gasteiger charge is 2.30. The van der Waals surface area contributed by atoms with E-state index in [2.05, 4.69) is 15.9 Å². The number of hydrogen-bond donors (Lipinski definition) is 1. The first-order chi connectivity index (χ1) is 8.65. The molecule has 3 nitrogen and oxygen atoms in total. The molecule has 0 spiro atoms. The smallest absolute Gasteiger partial charge is 0.231 e. The highest BCUT2D eigenvalue weighted by atomic mass is 79.9. The Morgan fingerprint density at radius 2 is 2.06 bits per heavy atom. The van der Waals surface area contributed by atoms with Crippen LogP contribution in [0.2, 0.25) is 0 Å². The van der Waals surface area contributed by atoms with Crippen LogP contribution in [0.15, 0.2) is 16.6 Å². The Kier molecular flexibility index (Phi) is 3.06. The zero-order valence-electron chi connectivity index (χ0n) is 10.3. The summed E-state index contributed by atoms with van der Waals surface area (Å²) in [5, 5.41) is 0. The van der Waals surface area contributed by atoms with Crippen LogP contribution in [0, 0.1) is 5.92 Å². The van der Waals surface area contributed by atoms with Crippen molar-refractivity contribution in [1.29, 1.82) is 0 Å². The molecule has 2 N–H and O–H groups in total. The van der Waals surface area contributed by atoms with Crippen LogP contribution in [0.1, 0.15) is 31.2 Å². The molecule has 1 aliphatic carbocycles. The van der Waals surface area contributed by atoms with E-state index in [9.17, 15) is 4.79 Å². The predicted molar refractivity (Wildman–Crippen MR) is 76.6 cm³/mol. The van der Waals surface area contributed by atoms with E-state index < -0.39 is 0 Å². The lowest BCUT2D eigenvalue weighted by Crippen LogP contribution is -2.31. The van der Waals surface area contributed by atoms with Crippen molar-refractivity contribution in [3.05, 3.63) is 22.2 Å². The van der Waals surface area contributed by atoms with Crippen LogP contribution in [0.4, 0.5) is 11.4 Å². The van der Waals surface area contributed by atoms with Crippen molar-refractivity contribution in [2.24, 2.45) is 5.92 Å². The number of nitrogens with zero attached hydrogens (tertiary/aromatic N) is 1. The summed E-state index contributed by atoms with van der Waals surface area (Å²) in [5.74, 6) is 0.888. The third kappa shape index (κ3) is 2.03. The first-order valence-corrected chi connectivity index (χ1v) is 7.32. The minimum atomic E-state index is 0.217. The first kappa shape index (κ1) is 12.0. The summed E-state index contributed by atoms with van der Waals surface area (Å²) in [6.45, 7) is 0.868. The van der Waals surface area contributed by atoms with Crippen LogP contribution < -0.4 is 10.6 Å². The number of nitrogens with two attached hydrogens (primary N) is 1. The van der Waals surface area contributed by atoms with Gasteiger partial charge in [0.25, 0.3) is 0 Å². The third-order valence-corrected chi connectivity index (χ3v) is 4.73. The van der Waals surface area contributed by atoms with Crippen LogP contribution in [0.3, 0.4) is 0 Å². The number of carbonyl (C=O) groups is 1. The maximum absolute atomic E-state index is 12.1. The number of halogens is 1. The summed E-state index contributed by atoms with van der Waals surface area (Å²) < 4.78 is 0.886. The molecule has 1 aromatic carbocycles. The molecule has 3 rings (SSSR count). The number of hydrogen-bond acceptors (Lipinski definition) is 2. The molecule has 1 heterocycles. The number of benzene rings is 1. The lowest BCUT2D eigenvalue weighted by atomic mass is 10.1. The molecule has 0 radical (unpaired) electrons. The summed E-state index contributed by atoms with van der Waals surface area (Å²) in [7, 11) is 0. The second kappa shape index (κ2) is 4.57. The molecule has 1 aliphatic heterocycles. The molecule has 1 aromatic rings. The van der Waals surface area contributed by atoms with E-state index in [1.165, 1.54) is 25.7 Å². The summed E-state index contributed by atoms with van der Waals surface area (Å²) in [6, 6.07) is 3.91. The second-order valence-electron chi connectivity index (χ2n) is 5.33. The van der Waals surface area contributed by atoms with E-state index in [1.807, 2.05) is 17.0 Å². The lowest BCUT2D eigenvalue weighted by molar-refractivity contribution is -0.117. The van der Waals surface area contributed by atoms with Crippen LogP contribution >= 0.6 is 15.9 Å². The molecule has 1 amide bonds. The average Bonchev–Trinajstić information content (AvgIpc) is 2.92. The molecule has 0 saturated heterocycles. The van der Waals surface area contributed by atoms with Gasteiger partial charge in [-0.05, 0) is 52.4 Å². The fourth-order valence-electron chi connectivity index (χ4n) is 3.06. The second-order valence-corrected chi connectivity index (χ2v) is 6.19. The van der Waals surface area contributed by atoms with E-state index in [1.54, 1.807) is 0 Å². The zero-order valence-corrected chi connectivity index (χ0v) is 11.9. The molecule has 18 heavy (non-hydrogen) atoms. The molecular weight excluding hydrogens is 292 g/mol. The Bertz CT molecular complexity index is 495. The van der Waals surface area contributed by atoms with Crippen LogP contribution in [-0.4, -0.2) is 12.5 Å². The number of amides is 1. The molecule has 0 unspecified atom stereocenters. The number of fused-ring (bicyclic) bond motifs is 1. The Morgan fingerprint density at radius 3 is 2.78 bits per heavy atom. The van der Waals surface area contributed by atoms with Crippen LogP contribution in [0.5, 0.6) is 0 Å². The topological polar surface area (TPSA) is 46.3 Å². The number of rotatable bonds is 2. The van der Waals surface area contributed by atoms with Gasteiger partial charge in [-0.2, -0.15) is 0 Å². The normalized spacial score (nSPS) is 19.6. The van der Waals surface area contributed by atoms with Gasteiger partial charge in [-0.15, -0.1) is 0 Å². The minimum absolute atomic E-state index is 0.217. The number of nitrogen functional groups attached to an aromatic ring is 1. The Morgan fingerprint density at radius 1 is 1.33 bits per heavy atom. The van der Waals surface area contributed by atoms with E-state index >= 15 is 0 Å². The van der Waals surface area contributed by atoms with Gasteiger partial charge in [0.1, 0.15) is 0 Å². The molecule has 1 saturated carbocycles. The molecular formula is C14H17BrN2O. The van der Waals surface area contributed by atoms with E-state index in [4.69, 9.17) is 5.73 Å². The van der Waals surface area contributed by atoms with Gasteiger partial charge in [-0.25, -0.2) is 0 Å². The van der Waals surface area contributed by atoms with E-state index in [-0.39, 0.29) is 5.91 Å². The number of anilines is 2. The van der Waals surface area contributed by atoms with E-state index in [0.717, 1.165) is 22.3 Å². The monoisotopic (exact) mass is 308 g/mol. The quantitative estimate of drug-likeness (QED) is 0.853. The SMILES string of the molecule is Nc1cc2c(cc1Br)CC(=O)N2CC1CCCC1. The molecule has 0 bridgehead atoms. The lowest BCUT2D eigenvalue weighted by Gasteiger charge is -2.21. The van der Waals surface area contributed by atoms with E-state index in [0.29, 0.717) is 18.0 Å². The minimum Gasteiger partial charge on any atom is -0.398 e. The molecule has 0 atom stereocenters. The van der Waals surface area contributed by atoms with Gasteiger partial charge in [0, 0.05) is 22.4 Å². The van der Waals surface area contributed by atoms with Gasteiger partial charge in [0.2, 0.25) is 5.91 Å². The largest absolute Gasteiger partial charge is 0.398 e. The predicted octanol–water partition coefficient (Wildman–Crippen LogP) is 3.11. The molecule has 0 aromatic heterocycles. The fourth-order valence-corrected chi connectivity index (χ4v) is 3.45. The summed E-state index contributed by atoms with van der Waals surface area (Å²) in [6.07, 6.45) is 5.64. The van der Waals surface area contributed by atoms with Gasteiger partial charge < -0.3 is 10.6 Å². The van der Waals surface area contributed by atoms with Crippen LogP contribution in [0.25, 0.3) is 0 Å². The zero-order chi connectivity index (χ0) is 12.7. The summed E-state index contributed by atoms with van der Waals surface area (Å²) in [5.41, 5.74) is 8.75. The van der Waals surface area contributed by atoms with Crippen molar-refractivity contribution in [3.63, 3.8) is 0 Å². The van der Waals surface area contributed by atoms with Gasteiger partial charge in [0.15, 0.2) is 0 Å². The Labute approximate surface area is 115 Å². The van der Waals surface area contributed by atoms with Crippen molar-refractivity contribution >= 4 is 33.2 Å². The third-order valence-electron chi connectivity index (χ3n) is 4.05. The van der Waals surface area contributed by atoms with Crippen LogP contribution in [-0.2, 0) is 11.2 Å². The van der Waals surface area contributed by atoms with Gasteiger partial charge in [-0.3, -0.25) is 4.79 Å². The first-order valence-electron chi connectivity index (χ1n) is 6.53. The maximum atomic E-state index is 12.1. The highest BCUT2D eigenvalue weighted by molar-refractivity contribution is 9.10. The molecule has 4 heteroatoms. The maximum Gasteiger partial charge on any atom is 0.231 e. The van der Waals surface area contributed by atoms with Gasteiger partial charge in [0.05, 0.1) is 6.42 Å². The fraction of sp³-hybridized carbons (Fsp3) is 0.500. The van der Waals surface area contributed by atoms with Crippen molar-refractivity contribution in [3.8, 4) is 0 Å². The standard InChI is InChI=1S/C14H17BrN2O/c15-11-5-10-6-14(18)17(13(10)7-12(11)16)8-9-3-1-2-4-9/h5,7,9H,1-4,6,8,16H2. The van der Waals surface area contributed by atoms with Crippen molar-refractivity contribution in [2.45, 2.75) is 32.1 Å². The van der Waals surface area contributed by atoms with Gasteiger partial charge in [-0.1, -0.05) is 12.8 Å². The molecule has 96 valence electrons. The highest BCUT2D eigenvalue weighted by Crippen LogP contribution is 2.37. The summed E-state index contributed by atoms with van der Waals surface area (Å²) in [4.78, 5) is 14.0. The Hall–Kier alpha value is -1.03. The molecule has 1 fully saturated rings.